The van der Waals surface area contributed by atoms with Gasteiger partial charge in [0.15, 0.2) is 6.23 Å². The quantitative estimate of drug-likeness (QED) is 0.377. The average molecular weight is 414 g/mol. The smallest absolute Gasteiger partial charge is 0.328 e. The van der Waals surface area contributed by atoms with Gasteiger partial charge in [-0.3, -0.25) is 4.57 Å². The SMILES string of the molecule is CN(C)c1ccc(-c2cn([C@@H]3O[C@H]([C@H](O)CP(=O)(O)O)[C@@H](O)[C@H]3O)nn2)cc1. The Morgan fingerprint density at radius 2 is 1.86 bits per heavy atom. The number of rotatable bonds is 6. The van der Waals surface area contributed by atoms with Crippen molar-refractivity contribution in [3.63, 3.8) is 0 Å². The summed E-state index contributed by atoms with van der Waals surface area (Å²) >= 11 is 0. The number of aliphatic hydroxyl groups excluding tert-OH is 3. The molecule has 2 heterocycles. The van der Waals surface area contributed by atoms with Gasteiger partial charge < -0.3 is 34.7 Å². The van der Waals surface area contributed by atoms with E-state index in [1.54, 1.807) is 0 Å². The largest absolute Gasteiger partial charge is 0.390 e. The molecule has 2 aromatic rings. The van der Waals surface area contributed by atoms with E-state index in [-0.39, 0.29) is 0 Å². The number of hydrogen-bond acceptors (Lipinski definition) is 8. The summed E-state index contributed by atoms with van der Waals surface area (Å²) in [5.41, 5.74) is 2.30. The predicted molar refractivity (Wildman–Crippen MR) is 98.6 cm³/mol. The second-order valence-electron chi connectivity index (χ2n) is 6.91. The van der Waals surface area contributed by atoms with Gasteiger partial charge in [0, 0.05) is 25.3 Å². The molecular formula is C16H23N4O7P. The summed E-state index contributed by atoms with van der Waals surface area (Å²) < 4.78 is 17.7. The van der Waals surface area contributed by atoms with Crippen molar-refractivity contribution in [1.82, 2.24) is 15.0 Å². The van der Waals surface area contributed by atoms with Gasteiger partial charge in [-0.2, -0.15) is 0 Å². The highest BCUT2D eigenvalue weighted by atomic mass is 31.2. The van der Waals surface area contributed by atoms with E-state index in [2.05, 4.69) is 10.3 Å². The molecule has 0 spiro atoms. The summed E-state index contributed by atoms with van der Waals surface area (Å²) in [6.07, 6.45) is -6.57. The molecule has 12 heteroatoms. The van der Waals surface area contributed by atoms with E-state index in [1.807, 2.05) is 43.3 Å². The van der Waals surface area contributed by atoms with Gasteiger partial charge in [-0.1, -0.05) is 17.3 Å². The second-order valence-corrected chi connectivity index (χ2v) is 8.61. The van der Waals surface area contributed by atoms with E-state index in [1.165, 1.54) is 10.9 Å². The third kappa shape index (κ3) is 4.41. The fourth-order valence-corrected chi connectivity index (χ4v) is 3.73. The first-order valence-electron chi connectivity index (χ1n) is 8.50. The van der Waals surface area contributed by atoms with Crippen molar-refractivity contribution in [3.05, 3.63) is 30.5 Å². The van der Waals surface area contributed by atoms with Crippen molar-refractivity contribution in [2.75, 3.05) is 25.2 Å². The molecule has 0 bridgehead atoms. The molecule has 0 aliphatic carbocycles. The molecule has 0 amide bonds. The topological polar surface area (TPSA) is 161 Å². The molecular weight excluding hydrogens is 391 g/mol. The number of anilines is 1. The molecule has 28 heavy (non-hydrogen) atoms. The van der Waals surface area contributed by atoms with Crippen LogP contribution in [0.4, 0.5) is 5.69 Å². The minimum atomic E-state index is -4.52. The Balaban J connectivity index is 1.76. The Morgan fingerprint density at radius 3 is 2.43 bits per heavy atom. The molecule has 3 rings (SSSR count). The molecule has 1 fully saturated rings. The van der Waals surface area contributed by atoms with Crippen LogP contribution >= 0.6 is 7.60 Å². The normalized spacial score (nSPS) is 26.4. The maximum absolute atomic E-state index is 11.1. The first-order valence-corrected chi connectivity index (χ1v) is 10.3. The van der Waals surface area contributed by atoms with E-state index < -0.39 is 44.4 Å². The number of aromatic nitrogens is 3. The lowest BCUT2D eigenvalue weighted by Crippen LogP contribution is -2.40. The monoisotopic (exact) mass is 414 g/mol. The van der Waals surface area contributed by atoms with Crippen molar-refractivity contribution in [2.45, 2.75) is 30.6 Å². The van der Waals surface area contributed by atoms with Crippen LogP contribution in [0.3, 0.4) is 0 Å². The maximum atomic E-state index is 11.1. The average Bonchev–Trinajstić information content (AvgIpc) is 3.20. The van der Waals surface area contributed by atoms with Gasteiger partial charge in [-0.15, -0.1) is 5.10 Å². The molecule has 0 saturated carbocycles. The predicted octanol–water partition coefficient (Wildman–Crippen LogP) is -0.831. The van der Waals surface area contributed by atoms with Crippen LogP contribution in [0.5, 0.6) is 0 Å². The number of benzene rings is 1. The van der Waals surface area contributed by atoms with Gasteiger partial charge in [-0.05, 0) is 12.1 Å². The fraction of sp³-hybridized carbons (Fsp3) is 0.500. The minimum Gasteiger partial charge on any atom is -0.390 e. The molecule has 154 valence electrons. The molecule has 1 aromatic heterocycles. The number of hydrogen-bond donors (Lipinski definition) is 5. The van der Waals surface area contributed by atoms with Crippen molar-refractivity contribution >= 4 is 13.3 Å². The van der Waals surface area contributed by atoms with Crippen molar-refractivity contribution in [2.24, 2.45) is 0 Å². The van der Waals surface area contributed by atoms with Crippen LogP contribution in [-0.4, -0.2) is 84.8 Å². The lowest BCUT2D eigenvalue weighted by molar-refractivity contribution is -0.0832. The zero-order valence-electron chi connectivity index (χ0n) is 15.3. The van der Waals surface area contributed by atoms with Gasteiger partial charge in [0.05, 0.1) is 18.5 Å². The van der Waals surface area contributed by atoms with E-state index >= 15 is 0 Å². The molecule has 5 atom stereocenters. The van der Waals surface area contributed by atoms with Crippen LogP contribution < -0.4 is 4.90 Å². The zero-order chi connectivity index (χ0) is 20.6. The first kappa shape index (κ1) is 20.9. The molecule has 1 aliphatic rings. The van der Waals surface area contributed by atoms with Crippen LogP contribution in [-0.2, 0) is 9.30 Å². The lowest BCUT2D eigenvalue weighted by Gasteiger charge is -2.21. The van der Waals surface area contributed by atoms with Gasteiger partial charge in [-0.25, -0.2) is 4.68 Å². The Morgan fingerprint density at radius 1 is 1.21 bits per heavy atom. The molecule has 1 aromatic carbocycles. The Hall–Kier alpha value is -1.85. The van der Waals surface area contributed by atoms with E-state index in [0.29, 0.717) is 5.69 Å². The molecule has 1 aliphatic heterocycles. The zero-order valence-corrected chi connectivity index (χ0v) is 16.2. The third-order valence-electron chi connectivity index (χ3n) is 4.53. The summed E-state index contributed by atoms with van der Waals surface area (Å²) in [5, 5.41) is 38.2. The van der Waals surface area contributed by atoms with Crippen molar-refractivity contribution in [1.29, 1.82) is 0 Å². The highest BCUT2D eigenvalue weighted by Crippen LogP contribution is 2.39. The van der Waals surface area contributed by atoms with Crippen LogP contribution in [0.2, 0.25) is 0 Å². The van der Waals surface area contributed by atoms with Crippen molar-refractivity contribution < 1.29 is 34.4 Å². The van der Waals surface area contributed by atoms with E-state index in [4.69, 9.17) is 14.5 Å². The van der Waals surface area contributed by atoms with E-state index in [9.17, 15) is 19.9 Å². The molecule has 1 saturated heterocycles. The van der Waals surface area contributed by atoms with Crippen molar-refractivity contribution in [3.8, 4) is 11.3 Å². The van der Waals surface area contributed by atoms with Gasteiger partial charge in [0.25, 0.3) is 0 Å². The summed E-state index contributed by atoms with van der Waals surface area (Å²) in [4.78, 5) is 19.9. The van der Waals surface area contributed by atoms with Crippen LogP contribution in [0.1, 0.15) is 6.23 Å². The Labute approximate surface area is 161 Å². The van der Waals surface area contributed by atoms with Gasteiger partial charge in [0.1, 0.15) is 24.0 Å². The molecule has 0 radical (unpaired) electrons. The summed E-state index contributed by atoms with van der Waals surface area (Å²) in [6.45, 7) is 0. The lowest BCUT2D eigenvalue weighted by atomic mass is 10.1. The number of ether oxygens (including phenoxy) is 1. The highest BCUT2D eigenvalue weighted by Gasteiger charge is 2.48. The summed E-state index contributed by atoms with van der Waals surface area (Å²) in [6, 6.07) is 7.54. The summed E-state index contributed by atoms with van der Waals surface area (Å²) in [7, 11) is -0.674. The fourth-order valence-electron chi connectivity index (χ4n) is 3.03. The van der Waals surface area contributed by atoms with Gasteiger partial charge >= 0.3 is 7.60 Å². The summed E-state index contributed by atoms with van der Waals surface area (Å²) in [5.74, 6) is 0. The maximum Gasteiger partial charge on any atom is 0.328 e. The first-order chi connectivity index (χ1) is 13.1. The standard InChI is InChI=1S/C16H23N4O7P/c1-19(2)10-5-3-9(4-6-10)11-7-20(18-17-11)16-14(23)13(22)15(27-16)12(21)8-28(24,25)26/h3-7,12-16,21-23H,8H2,1-2H3,(H2,24,25,26)/t12-,13+,14-,15-,16-/m1/s1. The Bertz CT molecular complexity index is 853. The van der Waals surface area contributed by atoms with Crippen LogP contribution in [0.15, 0.2) is 30.5 Å². The number of nitrogens with zero attached hydrogens (tertiary/aromatic N) is 4. The second kappa shape index (κ2) is 7.88. The van der Waals surface area contributed by atoms with Gasteiger partial charge in [0.2, 0.25) is 0 Å². The number of aliphatic hydroxyl groups is 3. The Kier molecular flexibility index (Phi) is 5.87. The van der Waals surface area contributed by atoms with E-state index in [0.717, 1.165) is 11.3 Å². The third-order valence-corrected chi connectivity index (χ3v) is 5.38. The van der Waals surface area contributed by atoms with Crippen LogP contribution in [0.25, 0.3) is 11.3 Å². The molecule has 5 N–H and O–H groups in total. The highest BCUT2D eigenvalue weighted by molar-refractivity contribution is 7.51. The molecule has 11 nitrogen and oxygen atoms in total. The van der Waals surface area contributed by atoms with Crippen LogP contribution in [0, 0.1) is 0 Å². The molecule has 0 unspecified atom stereocenters. The minimum absolute atomic E-state index is 0.509.